The fourth-order valence-electron chi connectivity index (χ4n) is 2.43. The van der Waals surface area contributed by atoms with Crippen LogP contribution in [0.3, 0.4) is 0 Å². The van der Waals surface area contributed by atoms with Crippen molar-refractivity contribution in [2.24, 2.45) is 0 Å². The van der Waals surface area contributed by atoms with Gasteiger partial charge in [0.1, 0.15) is 6.04 Å². The Hall–Kier alpha value is -2.15. The average Bonchev–Trinajstić information content (AvgIpc) is 3.00. The Morgan fingerprint density at radius 2 is 2.29 bits per heavy atom. The van der Waals surface area contributed by atoms with E-state index in [9.17, 15) is 9.59 Å². The number of carbonyl (C=O) groups excluding carboxylic acids is 2. The van der Waals surface area contributed by atoms with Gasteiger partial charge in [-0.15, -0.1) is 0 Å². The van der Waals surface area contributed by atoms with Gasteiger partial charge in [-0.3, -0.25) is 14.7 Å². The van der Waals surface area contributed by atoms with E-state index in [1.807, 2.05) is 24.3 Å². The molecule has 1 aliphatic rings. The van der Waals surface area contributed by atoms with E-state index in [0.717, 1.165) is 10.0 Å². The smallest absolute Gasteiger partial charge is 0.258 e. The van der Waals surface area contributed by atoms with E-state index in [-0.39, 0.29) is 11.8 Å². The summed E-state index contributed by atoms with van der Waals surface area (Å²) in [5.74, 6) is -0.375. The van der Waals surface area contributed by atoms with Crippen LogP contribution in [-0.2, 0) is 4.79 Å². The zero-order chi connectivity index (χ0) is 14.8. The van der Waals surface area contributed by atoms with Gasteiger partial charge < -0.3 is 10.2 Å². The van der Waals surface area contributed by atoms with Gasteiger partial charge in [0.2, 0.25) is 5.91 Å². The summed E-state index contributed by atoms with van der Waals surface area (Å²) in [4.78, 5) is 26.4. The monoisotopic (exact) mass is 348 g/mol. The van der Waals surface area contributed by atoms with Crippen molar-refractivity contribution in [3.05, 3.63) is 52.3 Å². The van der Waals surface area contributed by atoms with Crippen molar-refractivity contribution in [1.29, 1.82) is 0 Å². The molecule has 6 nitrogen and oxygen atoms in total. The third-order valence-electron chi connectivity index (χ3n) is 3.38. The van der Waals surface area contributed by atoms with Crippen LogP contribution >= 0.6 is 15.9 Å². The van der Waals surface area contributed by atoms with Crippen molar-refractivity contribution in [2.75, 3.05) is 13.1 Å². The number of halogens is 1. The van der Waals surface area contributed by atoms with Crippen LogP contribution in [0.2, 0.25) is 0 Å². The van der Waals surface area contributed by atoms with Gasteiger partial charge >= 0.3 is 0 Å². The Balaban J connectivity index is 1.97. The highest BCUT2D eigenvalue weighted by Crippen LogP contribution is 2.27. The number of benzene rings is 1. The van der Waals surface area contributed by atoms with E-state index in [4.69, 9.17) is 0 Å². The molecule has 7 heteroatoms. The topological polar surface area (TPSA) is 78.1 Å². The molecule has 2 N–H and O–H groups in total. The number of piperazine rings is 1. The Morgan fingerprint density at radius 1 is 1.43 bits per heavy atom. The molecule has 2 aromatic rings. The standard InChI is InChI=1S/C14H13BrN4O2/c15-11-3-1-2-9(6-11)12-13(20)16-4-5-19(12)14(21)10-7-17-18-8-10/h1-3,6-8,12H,4-5H2,(H,16,20)(H,17,18). The van der Waals surface area contributed by atoms with E-state index < -0.39 is 6.04 Å². The maximum Gasteiger partial charge on any atom is 0.258 e. The second-order valence-corrected chi connectivity index (χ2v) is 5.65. The van der Waals surface area contributed by atoms with Crippen LogP contribution in [0.15, 0.2) is 41.1 Å². The molecule has 0 aliphatic carbocycles. The number of nitrogens with zero attached hydrogens (tertiary/aromatic N) is 2. The van der Waals surface area contributed by atoms with E-state index in [0.29, 0.717) is 18.7 Å². The van der Waals surface area contributed by atoms with Crippen LogP contribution < -0.4 is 5.32 Å². The summed E-state index contributed by atoms with van der Waals surface area (Å²) in [5, 5.41) is 9.22. The fraction of sp³-hybridized carbons (Fsp3) is 0.214. The van der Waals surface area contributed by atoms with Gasteiger partial charge in [-0.2, -0.15) is 5.10 Å². The summed E-state index contributed by atoms with van der Waals surface area (Å²) in [5.41, 5.74) is 1.23. The van der Waals surface area contributed by atoms with Crippen molar-refractivity contribution in [3.63, 3.8) is 0 Å². The van der Waals surface area contributed by atoms with Crippen molar-refractivity contribution in [1.82, 2.24) is 20.4 Å². The molecule has 1 atom stereocenters. The molecular weight excluding hydrogens is 336 g/mol. The molecule has 21 heavy (non-hydrogen) atoms. The molecule has 0 spiro atoms. The third-order valence-corrected chi connectivity index (χ3v) is 3.88. The van der Waals surface area contributed by atoms with Crippen LogP contribution in [0.1, 0.15) is 22.0 Å². The number of aromatic nitrogens is 2. The van der Waals surface area contributed by atoms with Gasteiger partial charge in [-0.1, -0.05) is 28.1 Å². The zero-order valence-electron chi connectivity index (χ0n) is 11.0. The second kappa shape index (κ2) is 5.69. The summed E-state index contributed by atoms with van der Waals surface area (Å²) in [6.45, 7) is 0.917. The van der Waals surface area contributed by atoms with Crippen LogP contribution in [0.5, 0.6) is 0 Å². The number of amides is 2. The van der Waals surface area contributed by atoms with Crippen molar-refractivity contribution in [2.45, 2.75) is 6.04 Å². The molecule has 108 valence electrons. The van der Waals surface area contributed by atoms with Crippen LogP contribution in [0.4, 0.5) is 0 Å². The number of carbonyl (C=O) groups is 2. The lowest BCUT2D eigenvalue weighted by molar-refractivity contribution is -0.128. The van der Waals surface area contributed by atoms with Crippen molar-refractivity contribution in [3.8, 4) is 0 Å². The van der Waals surface area contributed by atoms with Crippen molar-refractivity contribution < 1.29 is 9.59 Å². The number of H-pyrrole nitrogens is 1. The van der Waals surface area contributed by atoms with Crippen LogP contribution in [-0.4, -0.2) is 40.0 Å². The normalized spacial score (nSPS) is 18.4. The molecule has 1 aromatic heterocycles. The first kappa shape index (κ1) is 13.8. The summed E-state index contributed by atoms with van der Waals surface area (Å²) < 4.78 is 0.870. The molecule has 0 radical (unpaired) electrons. The lowest BCUT2D eigenvalue weighted by Crippen LogP contribution is -2.52. The van der Waals surface area contributed by atoms with Crippen LogP contribution in [0.25, 0.3) is 0 Å². The summed E-state index contributed by atoms with van der Waals surface area (Å²) in [7, 11) is 0. The minimum atomic E-state index is -0.626. The predicted molar refractivity (Wildman–Crippen MR) is 79.5 cm³/mol. The Bertz CT molecular complexity index is 671. The van der Waals surface area contributed by atoms with E-state index in [1.165, 1.54) is 12.4 Å². The first-order valence-corrected chi connectivity index (χ1v) is 7.29. The minimum Gasteiger partial charge on any atom is -0.352 e. The average molecular weight is 349 g/mol. The Labute approximate surface area is 129 Å². The highest BCUT2D eigenvalue weighted by atomic mass is 79.9. The van der Waals surface area contributed by atoms with Gasteiger partial charge in [-0.25, -0.2) is 0 Å². The molecular formula is C14H13BrN4O2. The molecule has 0 saturated carbocycles. The number of hydrogen-bond donors (Lipinski definition) is 2. The first-order chi connectivity index (χ1) is 10.2. The largest absolute Gasteiger partial charge is 0.352 e. The molecule has 1 saturated heterocycles. The quantitative estimate of drug-likeness (QED) is 0.862. The molecule has 1 aliphatic heterocycles. The summed E-state index contributed by atoms with van der Waals surface area (Å²) in [6.07, 6.45) is 3.00. The lowest BCUT2D eigenvalue weighted by atomic mass is 10.0. The van der Waals surface area contributed by atoms with Gasteiger partial charge in [-0.05, 0) is 17.7 Å². The highest BCUT2D eigenvalue weighted by Gasteiger charge is 2.35. The molecule has 1 unspecified atom stereocenters. The molecule has 2 heterocycles. The number of nitrogens with one attached hydrogen (secondary N) is 2. The van der Waals surface area contributed by atoms with E-state index >= 15 is 0 Å². The molecule has 3 rings (SSSR count). The molecule has 1 fully saturated rings. The van der Waals surface area contributed by atoms with E-state index in [1.54, 1.807) is 4.90 Å². The van der Waals surface area contributed by atoms with Gasteiger partial charge in [0.05, 0.1) is 11.8 Å². The number of hydrogen-bond acceptors (Lipinski definition) is 3. The fourth-order valence-corrected chi connectivity index (χ4v) is 2.84. The Kier molecular flexibility index (Phi) is 3.74. The second-order valence-electron chi connectivity index (χ2n) is 4.73. The molecule has 1 aromatic carbocycles. The minimum absolute atomic E-state index is 0.170. The predicted octanol–water partition coefficient (Wildman–Crippen LogP) is 1.49. The summed E-state index contributed by atoms with van der Waals surface area (Å²) >= 11 is 3.39. The van der Waals surface area contributed by atoms with Gasteiger partial charge in [0.15, 0.2) is 0 Å². The highest BCUT2D eigenvalue weighted by molar-refractivity contribution is 9.10. The number of rotatable bonds is 2. The lowest BCUT2D eigenvalue weighted by Gasteiger charge is -2.35. The third kappa shape index (κ3) is 2.69. The zero-order valence-corrected chi connectivity index (χ0v) is 12.6. The van der Waals surface area contributed by atoms with E-state index in [2.05, 4.69) is 31.4 Å². The first-order valence-electron chi connectivity index (χ1n) is 6.50. The van der Waals surface area contributed by atoms with Crippen molar-refractivity contribution >= 4 is 27.7 Å². The molecule has 0 bridgehead atoms. The molecule has 2 amide bonds. The Morgan fingerprint density at radius 3 is 3.00 bits per heavy atom. The van der Waals surface area contributed by atoms with Crippen LogP contribution in [0, 0.1) is 0 Å². The van der Waals surface area contributed by atoms with Gasteiger partial charge in [0, 0.05) is 23.8 Å². The van der Waals surface area contributed by atoms with Gasteiger partial charge in [0.25, 0.3) is 5.91 Å². The maximum absolute atomic E-state index is 12.5. The summed E-state index contributed by atoms with van der Waals surface area (Å²) in [6, 6.07) is 6.80. The SMILES string of the molecule is O=C1NCCN(C(=O)c2cn[nH]c2)C1c1cccc(Br)c1. The maximum atomic E-state index is 12.5. The number of aromatic amines is 1.